The summed E-state index contributed by atoms with van der Waals surface area (Å²) in [4.78, 5) is 0. The molecule has 0 saturated heterocycles. The van der Waals surface area contributed by atoms with E-state index < -0.39 is 16.6 Å². The number of ether oxygens (including phenoxy) is 1. The molecule has 0 aliphatic heterocycles. The minimum absolute atomic E-state index is 0.00785. The van der Waals surface area contributed by atoms with Crippen LogP contribution in [0.4, 0.5) is 14.5 Å². The van der Waals surface area contributed by atoms with E-state index in [1.165, 1.54) is 30.5 Å². The molecule has 2 aromatic rings. The number of aromatic nitrogens is 2. The lowest BCUT2D eigenvalue weighted by Gasteiger charge is -2.09. The van der Waals surface area contributed by atoms with Gasteiger partial charge in [-0.3, -0.25) is 9.82 Å². The summed E-state index contributed by atoms with van der Waals surface area (Å²) >= 11 is 0. The number of rotatable bonds is 6. The van der Waals surface area contributed by atoms with Crippen molar-refractivity contribution in [3.8, 4) is 5.75 Å². The van der Waals surface area contributed by atoms with Gasteiger partial charge in [-0.2, -0.15) is 22.3 Å². The molecular weight excluding hydrogens is 306 g/mol. The average molecular weight is 318 g/mol. The summed E-state index contributed by atoms with van der Waals surface area (Å²) in [6.45, 7) is -2.93. The molecule has 0 aliphatic carbocycles. The highest BCUT2D eigenvalue weighted by molar-refractivity contribution is 7.92. The summed E-state index contributed by atoms with van der Waals surface area (Å²) in [6, 6.07) is 5.04. The zero-order valence-electron chi connectivity index (χ0n) is 10.6. The lowest BCUT2D eigenvalue weighted by Crippen LogP contribution is -2.16. The number of hydrogen-bond acceptors (Lipinski definition) is 5. The first-order valence-corrected chi connectivity index (χ1v) is 7.20. The number of H-pyrrole nitrogens is 1. The van der Waals surface area contributed by atoms with Crippen molar-refractivity contribution >= 4 is 15.7 Å². The van der Waals surface area contributed by atoms with Crippen LogP contribution in [0.2, 0.25) is 0 Å². The normalized spacial score (nSPS) is 11.6. The first-order chi connectivity index (χ1) is 9.92. The Kier molecular flexibility index (Phi) is 4.38. The maximum absolute atomic E-state index is 12.1. The molecule has 1 aromatic carbocycles. The second-order valence-electron chi connectivity index (χ2n) is 3.94. The lowest BCUT2D eigenvalue weighted by molar-refractivity contribution is -0.0498. The Bertz CT molecular complexity index is 701. The van der Waals surface area contributed by atoms with Gasteiger partial charge in [0.1, 0.15) is 5.75 Å². The van der Waals surface area contributed by atoms with Crippen molar-refractivity contribution in [1.82, 2.24) is 10.2 Å². The van der Waals surface area contributed by atoms with Gasteiger partial charge in [0.2, 0.25) is 0 Å². The molecule has 0 bridgehead atoms. The third kappa shape index (κ3) is 3.67. The van der Waals surface area contributed by atoms with Crippen molar-refractivity contribution in [1.29, 1.82) is 0 Å². The van der Waals surface area contributed by atoms with Gasteiger partial charge in [0.05, 0.1) is 6.20 Å². The van der Waals surface area contributed by atoms with E-state index in [2.05, 4.69) is 19.7 Å². The maximum Gasteiger partial charge on any atom is 0.387 e. The minimum Gasteiger partial charge on any atom is -0.435 e. The first kappa shape index (κ1) is 15.2. The molecule has 0 aliphatic rings. The van der Waals surface area contributed by atoms with Gasteiger partial charge >= 0.3 is 6.61 Å². The van der Waals surface area contributed by atoms with E-state index in [4.69, 9.17) is 5.73 Å². The predicted octanol–water partition coefficient (Wildman–Crippen LogP) is 1.27. The molecule has 10 heteroatoms. The summed E-state index contributed by atoms with van der Waals surface area (Å²) in [6.07, 6.45) is 1.31. The molecule has 1 aromatic heterocycles. The highest BCUT2D eigenvalue weighted by Gasteiger charge is 2.20. The molecule has 0 radical (unpaired) electrons. The average Bonchev–Trinajstić information content (AvgIpc) is 2.89. The van der Waals surface area contributed by atoms with Crippen LogP contribution in [0.25, 0.3) is 0 Å². The van der Waals surface area contributed by atoms with Crippen molar-refractivity contribution < 1.29 is 21.9 Å². The van der Waals surface area contributed by atoms with Gasteiger partial charge in [0, 0.05) is 17.8 Å². The van der Waals surface area contributed by atoms with E-state index in [9.17, 15) is 17.2 Å². The molecule has 0 unspecified atom stereocenters. The molecule has 21 heavy (non-hydrogen) atoms. The highest BCUT2D eigenvalue weighted by atomic mass is 32.2. The minimum atomic E-state index is -3.89. The largest absolute Gasteiger partial charge is 0.435 e. The molecule has 0 fully saturated rings. The number of aromatic amines is 1. The maximum atomic E-state index is 12.1. The molecule has 114 valence electrons. The molecule has 7 nitrogen and oxygen atoms in total. The predicted molar refractivity (Wildman–Crippen MR) is 70.4 cm³/mol. The topological polar surface area (TPSA) is 110 Å². The quantitative estimate of drug-likeness (QED) is 0.743. The Hall–Kier alpha value is -2.20. The van der Waals surface area contributed by atoms with E-state index in [1.54, 1.807) is 0 Å². The Morgan fingerprint density at radius 1 is 1.33 bits per heavy atom. The Morgan fingerprint density at radius 3 is 2.57 bits per heavy atom. The Morgan fingerprint density at radius 2 is 2.00 bits per heavy atom. The van der Waals surface area contributed by atoms with Crippen LogP contribution < -0.4 is 15.2 Å². The number of hydrogen-bond donors (Lipinski definition) is 3. The Balaban J connectivity index is 2.17. The SMILES string of the molecule is NCc1cn[nH]c1S(=O)(=O)Nc1ccc(OC(F)F)cc1. The summed E-state index contributed by atoms with van der Waals surface area (Å²) < 4.78 is 54.7. The zero-order valence-corrected chi connectivity index (χ0v) is 11.4. The van der Waals surface area contributed by atoms with Crippen molar-refractivity contribution in [2.75, 3.05) is 4.72 Å². The van der Waals surface area contributed by atoms with Crippen LogP contribution in [0.5, 0.6) is 5.75 Å². The van der Waals surface area contributed by atoms with Crippen LogP contribution in [-0.2, 0) is 16.6 Å². The third-order valence-corrected chi connectivity index (χ3v) is 3.89. The van der Waals surface area contributed by atoms with Crippen LogP contribution in [0.3, 0.4) is 0 Å². The molecule has 0 amide bonds. The van der Waals surface area contributed by atoms with Crippen LogP contribution in [0.15, 0.2) is 35.5 Å². The van der Waals surface area contributed by atoms with Crippen molar-refractivity contribution in [2.24, 2.45) is 5.73 Å². The molecule has 0 spiro atoms. The van der Waals surface area contributed by atoms with Crippen molar-refractivity contribution in [3.05, 3.63) is 36.0 Å². The second kappa shape index (κ2) is 6.06. The standard InChI is InChI=1S/C11H12F2N4O3S/c12-11(13)20-9-3-1-8(2-4-9)17-21(18,19)10-7(5-14)6-15-16-10/h1-4,6,11,17H,5,14H2,(H,15,16). The number of sulfonamides is 1. The van der Waals surface area contributed by atoms with Crippen molar-refractivity contribution in [3.63, 3.8) is 0 Å². The number of halogens is 2. The van der Waals surface area contributed by atoms with Crippen LogP contribution >= 0.6 is 0 Å². The van der Waals surface area contributed by atoms with Gasteiger partial charge in [-0.25, -0.2) is 0 Å². The Labute approximate surface area is 119 Å². The van der Waals surface area contributed by atoms with Gasteiger partial charge in [-0.1, -0.05) is 0 Å². The lowest BCUT2D eigenvalue weighted by atomic mass is 10.3. The number of anilines is 1. The van der Waals surface area contributed by atoms with Crippen LogP contribution in [-0.4, -0.2) is 25.2 Å². The van der Waals surface area contributed by atoms with Gasteiger partial charge in [-0.05, 0) is 24.3 Å². The van der Waals surface area contributed by atoms with E-state index >= 15 is 0 Å². The first-order valence-electron chi connectivity index (χ1n) is 5.72. The second-order valence-corrected chi connectivity index (χ2v) is 5.56. The molecule has 4 N–H and O–H groups in total. The van der Waals surface area contributed by atoms with E-state index in [-0.39, 0.29) is 23.0 Å². The van der Waals surface area contributed by atoms with Gasteiger partial charge in [0.15, 0.2) is 5.03 Å². The fraction of sp³-hybridized carbons (Fsp3) is 0.182. The number of alkyl halides is 2. The zero-order chi connectivity index (χ0) is 15.5. The van der Waals surface area contributed by atoms with Gasteiger partial charge in [0.25, 0.3) is 10.0 Å². The highest BCUT2D eigenvalue weighted by Crippen LogP contribution is 2.21. The number of nitrogens with two attached hydrogens (primary N) is 1. The smallest absolute Gasteiger partial charge is 0.387 e. The van der Waals surface area contributed by atoms with Crippen LogP contribution in [0.1, 0.15) is 5.56 Å². The molecule has 0 atom stereocenters. The van der Waals surface area contributed by atoms with E-state index in [0.717, 1.165) is 0 Å². The van der Waals surface area contributed by atoms with Crippen LogP contribution in [0, 0.1) is 0 Å². The summed E-state index contributed by atoms with van der Waals surface area (Å²) in [5, 5.41) is 5.83. The summed E-state index contributed by atoms with van der Waals surface area (Å²) in [7, 11) is -3.89. The molecule has 1 heterocycles. The summed E-state index contributed by atoms with van der Waals surface area (Å²) in [5.41, 5.74) is 5.93. The van der Waals surface area contributed by atoms with Crippen molar-refractivity contribution in [2.45, 2.75) is 18.2 Å². The summed E-state index contributed by atoms with van der Waals surface area (Å²) in [5.74, 6) is -0.0721. The molecule has 2 rings (SSSR count). The number of benzene rings is 1. The number of nitrogens with zero attached hydrogens (tertiary/aromatic N) is 1. The fourth-order valence-electron chi connectivity index (χ4n) is 1.59. The monoisotopic (exact) mass is 318 g/mol. The third-order valence-electron chi connectivity index (χ3n) is 2.50. The number of nitrogens with one attached hydrogen (secondary N) is 2. The van der Waals surface area contributed by atoms with E-state index in [1.807, 2.05) is 0 Å². The van der Waals surface area contributed by atoms with Gasteiger partial charge < -0.3 is 10.5 Å². The fourth-order valence-corrected chi connectivity index (χ4v) is 2.79. The van der Waals surface area contributed by atoms with Gasteiger partial charge in [-0.15, -0.1) is 0 Å². The molecule has 0 saturated carbocycles. The molecular formula is C11H12F2N4O3S. The van der Waals surface area contributed by atoms with E-state index in [0.29, 0.717) is 5.56 Å².